The standard InChI is InChI=1S/C17H20N6OS/c1-10-13(11(2)23-17(19-10)20-16(18)21-23)3-4-15(24)22-7-5-14-12(9-22)6-8-25-14/h6,8H,3-5,7,9H2,1-2H3,(H2,18,21). The Morgan fingerprint density at radius 3 is 3.04 bits per heavy atom. The largest absolute Gasteiger partial charge is 0.366 e. The number of thiophene rings is 1. The van der Waals surface area contributed by atoms with E-state index in [0.29, 0.717) is 18.6 Å². The second-order valence-corrected chi connectivity index (χ2v) is 7.38. The van der Waals surface area contributed by atoms with Crippen molar-refractivity contribution in [2.24, 2.45) is 0 Å². The summed E-state index contributed by atoms with van der Waals surface area (Å²) < 4.78 is 1.65. The lowest BCUT2D eigenvalue weighted by Gasteiger charge is -2.27. The van der Waals surface area contributed by atoms with Gasteiger partial charge in [0.25, 0.3) is 5.78 Å². The van der Waals surface area contributed by atoms with E-state index in [2.05, 4.69) is 26.5 Å². The fourth-order valence-corrected chi connectivity index (χ4v) is 4.33. The van der Waals surface area contributed by atoms with Crippen LogP contribution in [0.5, 0.6) is 0 Å². The maximum absolute atomic E-state index is 12.6. The van der Waals surface area contributed by atoms with Gasteiger partial charge in [0, 0.05) is 35.8 Å². The average molecular weight is 356 g/mol. The first-order valence-corrected chi connectivity index (χ1v) is 9.22. The van der Waals surface area contributed by atoms with E-state index in [9.17, 15) is 4.79 Å². The lowest BCUT2D eigenvalue weighted by atomic mass is 10.0. The summed E-state index contributed by atoms with van der Waals surface area (Å²) in [5, 5.41) is 6.28. The zero-order valence-electron chi connectivity index (χ0n) is 14.3. The van der Waals surface area contributed by atoms with E-state index in [-0.39, 0.29) is 11.9 Å². The van der Waals surface area contributed by atoms with Gasteiger partial charge in [-0.1, -0.05) is 0 Å². The number of nitrogens with zero attached hydrogens (tertiary/aromatic N) is 5. The van der Waals surface area contributed by atoms with Crippen molar-refractivity contribution in [1.82, 2.24) is 24.5 Å². The third-order valence-electron chi connectivity index (χ3n) is 4.81. The van der Waals surface area contributed by atoms with Crippen LogP contribution in [0.2, 0.25) is 0 Å². The van der Waals surface area contributed by atoms with Crippen molar-refractivity contribution in [2.75, 3.05) is 12.3 Å². The number of rotatable bonds is 3. The molecule has 4 rings (SSSR count). The number of anilines is 1. The smallest absolute Gasteiger partial charge is 0.254 e. The third kappa shape index (κ3) is 2.86. The molecule has 0 saturated heterocycles. The van der Waals surface area contributed by atoms with Crippen molar-refractivity contribution in [3.63, 3.8) is 0 Å². The average Bonchev–Trinajstić information content (AvgIpc) is 3.19. The van der Waals surface area contributed by atoms with Crippen molar-refractivity contribution >= 4 is 29.0 Å². The Bertz CT molecular complexity index is 960. The molecule has 0 atom stereocenters. The van der Waals surface area contributed by atoms with Crippen LogP contribution in [-0.4, -0.2) is 36.9 Å². The van der Waals surface area contributed by atoms with Crippen molar-refractivity contribution in [1.29, 1.82) is 0 Å². The van der Waals surface area contributed by atoms with E-state index < -0.39 is 0 Å². The van der Waals surface area contributed by atoms with E-state index in [1.165, 1.54) is 10.4 Å². The zero-order chi connectivity index (χ0) is 17.6. The number of nitrogens with two attached hydrogens (primary N) is 1. The van der Waals surface area contributed by atoms with Crippen LogP contribution >= 0.6 is 11.3 Å². The summed E-state index contributed by atoms with van der Waals surface area (Å²) in [4.78, 5) is 24.6. The Hall–Kier alpha value is -2.48. The first kappa shape index (κ1) is 16.0. The van der Waals surface area contributed by atoms with Gasteiger partial charge in [0.1, 0.15) is 0 Å². The molecule has 0 fully saturated rings. The maximum Gasteiger partial charge on any atom is 0.254 e. The van der Waals surface area contributed by atoms with E-state index in [1.807, 2.05) is 18.7 Å². The van der Waals surface area contributed by atoms with Crippen LogP contribution < -0.4 is 5.73 Å². The molecule has 0 bridgehead atoms. The van der Waals surface area contributed by atoms with Gasteiger partial charge in [-0.15, -0.1) is 16.4 Å². The predicted octanol–water partition coefficient (Wildman–Crippen LogP) is 1.90. The minimum absolute atomic E-state index is 0.189. The van der Waals surface area contributed by atoms with E-state index in [4.69, 9.17) is 5.73 Å². The fourth-order valence-electron chi connectivity index (χ4n) is 3.44. The fraction of sp³-hybridized carbons (Fsp3) is 0.412. The summed E-state index contributed by atoms with van der Waals surface area (Å²) in [5.74, 6) is 0.903. The van der Waals surface area contributed by atoms with Crippen LogP contribution in [0, 0.1) is 13.8 Å². The van der Waals surface area contributed by atoms with Crippen LogP contribution in [0.15, 0.2) is 11.4 Å². The van der Waals surface area contributed by atoms with Gasteiger partial charge in [-0.3, -0.25) is 4.79 Å². The van der Waals surface area contributed by atoms with Gasteiger partial charge in [0.15, 0.2) is 0 Å². The number of fused-ring (bicyclic) bond motifs is 2. The van der Waals surface area contributed by atoms with Crippen molar-refractivity contribution in [3.8, 4) is 0 Å². The highest BCUT2D eigenvalue weighted by Crippen LogP contribution is 2.25. The molecule has 130 valence electrons. The number of aromatic nitrogens is 4. The number of amides is 1. The van der Waals surface area contributed by atoms with Crippen LogP contribution in [0.1, 0.15) is 33.8 Å². The molecular formula is C17H20N6OS. The Balaban J connectivity index is 1.50. The Kier molecular flexibility index (Phi) is 3.91. The second-order valence-electron chi connectivity index (χ2n) is 6.38. The second kappa shape index (κ2) is 6.11. The van der Waals surface area contributed by atoms with E-state index in [1.54, 1.807) is 15.9 Å². The first-order valence-electron chi connectivity index (χ1n) is 8.34. The quantitative estimate of drug-likeness (QED) is 0.774. The van der Waals surface area contributed by atoms with Crippen LogP contribution in [0.3, 0.4) is 0 Å². The van der Waals surface area contributed by atoms with Gasteiger partial charge in [-0.25, -0.2) is 4.98 Å². The summed E-state index contributed by atoms with van der Waals surface area (Å²) in [5.41, 5.74) is 9.82. The Morgan fingerprint density at radius 2 is 2.20 bits per heavy atom. The summed E-state index contributed by atoms with van der Waals surface area (Å²) in [6.07, 6.45) is 2.08. The van der Waals surface area contributed by atoms with Crippen LogP contribution in [0.25, 0.3) is 5.78 Å². The molecule has 0 unspecified atom stereocenters. The molecule has 0 saturated carbocycles. The van der Waals surface area contributed by atoms with Crippen molar-refractivity contribution < 1.29 is 4.79 Å². The van der Waals surface area contributed by atoms with E-state index in [0.717, 1.165) is 36.5 Å². The Labute approximate surface area is 149 Å². The summed E-state index contributed by atoms with van der Waals surface area (Å²) in [7, 11) is 0. The van der Waals surface area contributed by atoms with E-state index >= 15 is 0 Å². The molecule has 0 spiro atoms. The monoisotopic (exact) mass is 356 g/mol. The summed E-state index contributed by atoms with van der Waals surface area (Å²) >= 11 is 1.78. The molecule has 1 aliphatic rings. The number of carbonyl (C=O) groups excluding carboxylic acids is 1. The molecule has 0 aromatic carbocycles. The zero-order valence-corrected chi connectivity index (χ0v) is 15.1. The molecule has 0 aliphatic carbocycles. The van der Waals surface area contributed by atoms with Gasteiger partial charge in [-0.2, -0.15) is 9.50 Å². The normalized spacial score (nSPS) is 14.1. The topological polar surface area (TPSA) is 89.4 Å². The molecule has 0 radical (unpaired) electrons. The highest BCUT2D eigenvalue weighted by Gasteiger charge is 2.22. The number of nitrogen functional groups attached to an aromatic ring is 1. The molecule has 1 amide bonds. The molecule has 3 aromatic rings. The van der Waals surface area contributed by atoms with Gasteiger partial charge < -0.3 is 10.6 Å². The lowest BCUT2D eigenvalue weighted by molar-refractivity contribution is -0.132. The van der Waals surface area contributed by atoms with Gasteiger partial charge in [-0.05, 0) is 49.3 Å². The van der Waals surface area contributed by atoms with Gasteiger partial charge in [0.05, 0.1) is 0 Å². The molecule has 2 N–H and O–H groups in total. The van der Waals surface area contributed by atoms with Crippen molar-refractivity contribution in [3.05, 3.63) is 38.8 Å². The number of carbonyl (C=O) groups is 1. The maximum atomic E-state index is 12.6. The SMILES string of the molecule is Cc1nc2nc(N)nn2c(C)c1CCC(=O)N1CCc2sccc2C1. The summed E-state index contributed by atoms with van der Waals surface area (Å²) in [6, 6.07) is 2.13. The Morgan fingerprint density at radius 1 is 1.36 bits per heavy atom. The summed E-state index contributed by atoms with van der Waals surface area (Å²) in [6.45, 7) is 5.44. The van der Waals surface area contributed by atoms with Crippen LogP contribution in [0.4, 0.5) is 5.95 Å². The van der Waals surface area contributed by atoms with Crippen LogP contribution in [-0.2, 0) is 24.2 Å². The molecule has 3 aromatic heterocycles. The molecule has 4 heterocycles. The highest BCUT2D eigenvalue weighted by molar-refractivity contribution is 7.10. The predicted molar refractivity (Wildman–Crippen MR) is 96.4 cm³/mol. The molecular weight excluding hydrogens is 336 g/mol. The minimum atomic E-state index is 0.189. The molecule has 8 heteroatoms. The highest BCUT2D eigenvalue weighted by atomic mass is 32.1. The first-order chi connectivity index (χ1) is 12.0. The number of hydrogen-bond acceptors (Lipinski definition) is 6. The number of aryl methyl sites for hydroxylation is 2. The lowest BCUT2D eigenvalue weighted by Crippen LogP contribution is -2.35. The third-order valence-corrected chi connectivity index (χ3v) is 5.84. The minimum Gasteiger partial charge on any atom is -0.366 e. The van der Waals surface area contributed by atoms with Gasteiger partial charge >= 0.3 is 0 Å². The molecule has 7 nitrogen and oxygen atoms in total. The molecule has 1 aliphatic heterocycles. The van der Waals surface area contributed by atoms with Crippen molar-refractivity contribution in [2.45, 2.75) is 39.7 Å². The van der Waals surface area contributed by atoms with Gasteiger partial charge in [0.2, 0.25) is 11.9 Å². The number of hydrogen-bond donors (Lipinski definition) is 1. The molecule has 25 heavy (non-hydrogen) atoms.